The Balaban J connectivity index is 1.68. The van der Waals surface area contributed by atoms with E-state index in [0.717, 1.165) is 37.1 Å². The van der Waals surface area contributed by atoms with E-state index in [0.29, 0.717) is 6.61 Å². The van der Waals surface area contributed by atoms with Gasteiger partial charge in [-0.05, 0) is 25.3 Å². The van der Waals surface area contributed by atoms with Gasteiger partial charge in [0, 0.05) is 19.2 Å². The molecule has 1 N–H and O–H groups in total. The molecule has 84 valence electrons. The molecule has 1 saturated carbocycles. The summed E-state index contributed by atoms with van der Waals surface area (Å²) in [7, 11) is 0. The molecule has 4 nitrogen and oxygen atoms in total. The fourth-order valence-corrected chi connectivity index (χ4v) is 1.37. The number of rotatable bonds is 7. The molecule has 0 unspecified atom stereocenters. The number of hydrogen-bond donors (Lipinski definition) is 1. The van der Waals surface area contributed by atoms with Gasteiger partial charge in [0.25, 0.3) is 0 Å². The van der Waals surface area contributed by atoms with Gasteiger partial charge in [-0.1, -0.05) is 12.1 Å². The second kappa shape index (κ2) is 5.28. The van der Waals surface area contributed by atoms with Crippen LogP contribution in [0.1, 0.15) is 31.2 Å². The summed E-state index contributed by atoms with van der Waals surface area (Å²) in [6.45, 7) is 5.20. The van der Waals surface area contributed by atoms with E-state index in [4.69, 9.17) is 9.26 Å². The highest BCUT2D eigenvalue weighted by Gasteiger charge is 2.21. The fourth-order valence-electron chi connectivity index (χ4n) is 1.37. The first-order valence-corrected chi connectivity index (χ1v) is 5.61. The Bertz CT molecular complexity index is 295. The van der Waals surface area contributed by atoms with Gasteiger partial charge in [-0.15, -0.1) is 0 Å². The van der Waals surface area contributed by atoms with Gasteiger partial charge in [0.1, 0.15) is 6.61 Å². The van der Waals surface area contributed by atoms with Crippen molar-refractivity contribution in [3.8, 4) is 0 Å². The van der Waals surface area contributed by atoms with Crippen LogP contribution in [0, 0.1) is 5.92 Å². The molecule has 0 bridgehead atoms. The molecule has 1 aliphatic rings. The molecule has 1 aliphatic carbocycles. The van der Waals surface area contributed by atoms with Gasteiger partial charge < -0.3 is 14.6 Å². The third-order valence-corrected chi connectivity index (χ3v) is 2.46. The summed E-state index contributed by atoms with van der Waals surface area (Å²) in [4.78, 5) is 0. The largest absolute Gasteiger partial charge is 0.373 e. The van der Waals surface area contributed by atoms with Crippen molar-refractivity contribution < 1.29 is 9.26 Å². The van der Waals surface area contributed by atoms with Crippen molar-refractivity contribution >= 4 is 0 Å². The molecule has 1 fully saturated rings. The maximum atomic E-state index is 5.51. The number of ether oxygens (including phenoxy) is 1. The molecule has 0 aliphatic heterocycles. The molecule has 0 aromatic carbocycles. The van der Waals surface area contributed by atoms with E-state index < -0.39 is 0 Å². The topological polar surface area (TPSA) is 47.3 Å². The zero-order valence-electron chi connectivity index (χ0n) is 9.16. The molecule has 15 heavy (non-hydrogen) atoms. The summed E-state index contributed by atoms with van der Waals surface area (Å²) in [6, 6.07) is 1.95. The SMILES string of the molecule is CCNCc1cc(COCC2CC2)on1. The first kappa shape index (κ1) is 10.6. The van der Waals surface area contributed by atoms with Crippen LogP contribution in [0.5, 0.6) is 0 Å². The Hall–Kier alpha value is -0.870. The Kier molecular flexibility index (Phi) is 3.75. The number of aromatic nitrogens is 1. The zero-order chi connectivity index (χ0) is 10.5. The standard InChI is InChI=1S/C11H18N2O2/c1-2-12-6-10-5-11(15-13-10)8-14-7-9-3-4-9/h5,9,12H,2-4,6-8H2,1H3. The average molecular weight is 210 g/mol. The molecule has 0 spiro atoms. The minimum atomic E-state index is 0.551. The van der Waals surface area contributed by atoms with Gasteiger partial charge in [-0.25, -0.2) is 0 Å². The van der Waals surface area contributed by atoms with Gasteiger partial charge in [0.2, 0.25) is 0 Å². The summed E-state index contributed by atoms with van der Waals surface area (Å²) in [5.74, 6) is 1.62. The van der Waals surface area contributed by atoms with Crippen LogP contribution in [0.3, 0.4) is 0 Å². The van der Waals surface area contributed by atoms with Gasteiger partial charge >= 0.3 is 0 Å². The molecule has 1 aromatic rings. The molecule has 0 amide bonds. The second-order valence-corrected chi connectivity index (χ2v) is 4.02. The summed E-state index contributed by atoms with van der Waals surface area (Å²) in [5.41, 5.74) is 0.946. The van der Waals surface area contributed by atoms with Crippen molar-refractivity contribution in [1.29, 1.82) is 0 Å². The van der Waals surface area contributed by atoms with Crippen molar-refractivity contribution in [3.63, 3.8) is 0 Å². The second-order valence-electron chi connectivity index (χ2n) is 4.02. The molecular weight excluding hydrogens is 192 g/mol. The first-order chi connectivity index (χ1) is 7.38. The summed E-state index contributed by atoms with van der Waals surface area (Å²) in [6.07, 6.45) is 2.64. The van der Waals surface area contributed by atoms with E-state index in [9.17, 15) is 0 Å². The van der Waals surface area contributed by atoms with Crippen molar-refractivity contribution in [1.82, 2.24) is 10.5 Å². The van der Waals surface area contributed by atoms with Crippen LogP contribution < -0.4 is 5.32 Å². The summed E-state index contributed by atoms with van der Waals surface area (Å²) < 4.78 is 10.7. The van der Waals surface area contributed by atoms with Gasteiger partial charge in [0.15, 0.2) is 5.76 Å². The predicted octanol–water partition coefficient (Wildman–Crippen LogP) is 1.71. The minimum absolute atomic E-state index is 0.551. The molecule has 0 atom stereocenters. The lowest BCUT2D eigenvalue weighted by atomic mass is 10.3. The van der Waals surface area contributed by atoms with E-state index >= 15 is 0 Å². The zero-order valence-corrected chi connectivity index (χ0v) is 9.16. The van der Waals surface area contributed by atoms with Gasteiger partial charge in [-0.2, -0.15) is 0 Å². The highest BCUT2D eigenvalue weighted by molar-refractivity contribution is 5.04. The molecule has 0 radical (unpaired) electrons. The predicted molar refractivity (Wildman–Crippen MR) is 56.3 cm³/mol. The lowest BCUT2D eigenvalue weighted by Gasteiger charge is -1.97. The maximum absolute atomic E-state index is 5.51. The Morgan fingerprint density at radius 1 is 1.60 bits per heavy atom. The third-order valence-electron chi connectivity index (χ3n) is 2.46. The monoisotopic (exact) mass is 210 g/mol. The Morgan fingerprint density at radius 3 is 3.20 bits per heavy atom. The number of nitrogens with one attached hydrogen (secondary N) is 1. The highest BCUT2D eigenvalue weighted by Crippen LogP contribution is 2.29. The van der Waals surface area contributed by atoms with E-state index in [1.54, 1.807) is 0 Å². The van der Waals surface area contributed by atoms with Crippen molar-refractivity contribution in [2.24, 2.45) is 5.92 Å². The summed E-state index contributed by atoms with van der Waals surface area (Å²) >= 11 is 0. The number of hydrogen-bond acceptors (Lipinski definition) is 4. The van der Waals surface area contributed by atoms with Crippen molar-refractivity contribution in [3.05, 3.63) is 17.5 Å². The van der Waals surface area contributed by atoms with Gasteiger partial charge in [-0.3, -0.25) is 0 Å². The van der Waals surface area contributed by atoms with Crippen molar-refractivity contribution in [2.75, 3.05) is 13.2 Å². The van der Waals surface area contributed by atoms with Crippen LogP contribution in [0.15, 0.2) is 10.6 Å². The van der Waals surface area contributed by atoms with E-state index in [1.165, 1.54) is 12.8 Å². The Labute approximate surface area is 90.0 Å². The minimum Gasteiger partial charge on any atom is -0.373 e. The molecule has 2 rings (SSSR count). The molecule has 4 heteroatoms. The van der Waals surface area contributed by atoms with Gasteiger partial charge in [0.05, 0.1) is 5.69 Å². The quantitative estimate of drug-likeness (QED) is 0.744. The molecule has 1 heterocycles. The first-order valence-electron chi connectivity index (χ1n) is 5.61. The van der Waals surface area contributed by atoms with Crippen LogP contribution in [-0.4, -0.2) is 18.3 Å². The van der Waals surface area contributed by atoms with Crippen LogP contribution in [0.2, 0.25) is 0 Å². The molecular formula is C11H18N2O2. The fraction of sp³-hybridized carbons (Fsp3) is 0.727. The van der Waals surface area contributed by atoms with Crippen LogP contribution in [0.25, 0.3) is 0 Å². The molecule has 1 aromatic heterocycles. The normalized spacial score (nSPS) is 15.8. The maximum Gasteiger partial charge on any atom is 0.162 e. The van der Waals surface area contributed by atoms with E-state index in [-0.39, 0.29) is 0 Å². The van der Waals surface area contributed by atoms with Crippen LogP contribution >= 0.6 is 0 Å². The highest BCUT2D eigenvalue weighted by atomic mass is 16.5. The lowest BCUT2D eigenvalue weighted by Crippen LogP contribution is -2.11. The lowest BCUT2D eigenvalue weighted by molar-refractivity contribution is 0.0926. The Morgan fingerprint density at radius 2 is 2.47 bits per heavy atom. The number of nitrogens with zero attached hydrogens (tertiary/aromatic N) is 1. The van der Waals surface area contributed by atoms with Crippen molar-refractivity contribution in [2.45, 2.75) is 32.9 Å². The third kappa shape index (κ3) is 3.64. The van der Waals surface area contributed by atoms with Crippen LogP contribution in [0.4, 0.5) is 0 Å². The molecule has 0 saturated heterocycles. The summed E-state index contributed by atoms with van der Waals surface area (Å²) in [5, 5.41) is 7.15. The van der Waals surface area contributed by atoms with E-state index in [2.05, 4.69) is 17.4 Å². The van der Waals surface area contributed by atoms with E-state index in [1.807, 2.05) is 6.07 Å². The average Bonchev–Trinajstić information content (AvgIpc) is 2.95. The van der Waals surface area contributed by atoms with Crippen LogP contribution in [-0.2, 0) is 17.9 Å². The smallest absolute Gasteiger partial charge is 0.162 e.